The van der Waals surface area contributed by atoms with E-state index in [-0.39, 0.29) is 36.9 Å². The van der Waals surface area contributed by atoms with E-state index < -0.39 is 77.9 Å². The monoisotopic (exact) mass is 697 g/mol. The highest BCUT2D eigenvalue weighted by Crippen LogP contribution is 2.21. The normalized spacial score (nSPS) is 14.6. The number of phenols is 1. The van der Waals surface area contributed by atoms with E-state index >= 15 is 0 Å². The van der Waals surface area contributed by atoms with E-state index in [1.807, 2.05) is 6.92 Å². The van der Waals surface area contributed by atoms with Gasteiger partial charge >= 0.3 is 0 Å². The van der Waals surface area contributed by atoms with Gasteiger partial charge in [0.15, 0.2) is 17.5 Å². The molecular formula is C34H51N9O7. The molecule has 50 heavy (non-hydrogen) atoms. The molecule has 1 aromatic heterocycles. The number of nitrogens with two attached hydrogens (primary N) is 4. The molecule has 274 valence electrons. The molecule has 6 atom stereocenters. The predicted molar refractivity (Wildman–Crippen MR) is 186 cm³/mol. The molecule has 0 aliphatic carbocycles. The first-order chi connectivity index (χ1) is 23.6. The molecule has 1 aromatic carbocycles. The Morgan fingerprint density at radius 3 is 2.10 bits per heavy atom. The van der Waals surface area contributed by atoms with Crippen molar-refractivity contribution in [2.75, 3.05) is 6.54 Å². The molecular weight excluding hydrogens is 646 g/mol. The van der Waals surface area contributed by atoms with Crippen LogP contribution < -0.4 is 33.6 Å². The maximum absolute atomic E-state index is 14.0. The van der Waals surface area contributed by atoms with Gasteiger partial charge in [-0.15, -0.1) is 0 Å². The van der Waals surface area contributed by atoms with Crippen molar-refractivity contribution >= 4 is 41.2 Å². The van der Waals surface area contributed by atoms with Crippen molar-refractivity contribution in [2.24, 2.45) is 51.6 Å². The quantitative estimate of drug-likeness (QED) is 0.0441. The van der Waals surface area contributed by atoms with Gasteiger partial charge in [-0.2, -0.15) is 0 Å². The third kappa shape index (κ3) is 14.1. The Morgan fingerprint density at radius 2 is 1.54 bits per heavy atom. The van der Waals surface area contributed by atoms with E-state index in [0.717, 1.165) is 0 Å². The largest absolute Gasteiger partial charge is 0.508 e. The van der Waals surface area contributed by atoms with E-state index in [2.05, 4.69) is 25.6 Å². The minimum atomic E-state index is -1.30. The molecule has 16 nitrogen and oxygen atoms in total. The molecule has 4 amide bonds. The summed E-state index contributed by atoms with van der Waals surface area (Å²) in [7, 11) is 0. The number of primary amides is 2. The lowest BCUT2D eigenvalue weighted by atomic mass is 9.86. The molecule has 0 fully saturated rings. The van der Waals surface area contributed by atoms with Gasteiger partial charge in [-0.3, -0.25) is 33.8 Å². The molecule has 0 saturated carbocycles. The summed E-state index contributed by atoms with van der Waals surface area (Å²) < 4.78 is 0. The summed E-state index contributed by atoms with van der Waals surface area (Å²) in [6.07, 6.45) is 3.44. The first-order valence-corrected chi connectivity index (χ1v) is 16.6. The highest BCUT2D eigenvalue weighted by atomic mass is 16.3. The van der Waals surface area contributed by atoms with Crippen LogP contribution in [0.2, 0.25) is 0 Å². The number of imidazole rings is 1. The van der Waals surface area contributed by atoms with Gasteiger partial charge in [0.25, 0.3) is 0 Å². The number of benzene rings is 1. The number of ketones is 2. The van der Waals surface area contributed by atoms with Crippen LogP contribution in [0.15, 0.2) is 41.8 Å². The van der Waals surface area contributed by atoms with Crippen LogP contribution in [0.1, 0.15) is 70.6 Å². The Morgan fingerprint density at radius 1 is 0.880 bits per heavy atom. The van der Waals surface area contributed by atoms with Gasteiger partial charge in [-0.05, 0) is 42.9 Å². The zero-order valence-electron chi connectivity index (χ0n) is 28.9. The van der Waals surface area contributed by atoms with Crippen LogP contribution in [0.4, 0.5) is 0 Å². The lowest BCUT2D eigenvalue weighted by molar-refractivity contribution is -0.135. The highest BCUT2D eigenvalue weighted by Gasteiger charge is 2.34. The van der Waals surface area contributed by atoms with Crippen LogP contribution >= 0.6 is 0 Å². The van der Waals surface area contributed by atoms with Gasteiger partial charge in [-0.1, -0.05) is 39.3 Å². The molecule has 0 unspecified atom stereocenters. The fourth-order valence-corrected chi connectivity index (χ4v) is 5.41. The SMILES string of the molecule is CC[C@H](C)[C@H](NC(=O)[C@@H](CC(=O)[C@H](CC(N)=O)NC(=O)[C@@H](C)CCCN=C(N)N)Cc1ccc(O)cc1)C(=O)C[C@@H](Cc1cnc[nH]1)C(N)=O. The first kappa shape index (κ1) is 40.9. The first-order valence-electron chi connectivity index (χ1n) is 16.6. The third-order valence-corrected chi connectivity index (χ3v) is 8.61. The van der Waals surface area contributed by atoms with Crippen molar-refractivity contribution in [1.82, 2.24) is 20.6 Å². The second kappa shape index (κ2) is 20.3. The molecule has 1 heterocycles. The molecule has 2 aromatic rings. The average molecular weight is 698 g/mol. The van der Waals surface area contributed by atoms with E-state index in [1.54, 1.807) is 26.0 Å². The minimum absolute atomic E-state index is 0.00375. The standard InChI is InChI=1S/C34H51N9O7/c1-4-19(2)30(28(46)14-22(31(36)48)13-24-17-39-18-41-24)43-33(50)23(12-21-7-9-25(44)10-8-21)15-27(45)26(16-29(35)47)42-32(49)20(3)6-5-11-40-34(37)38/h7-10,17-20,22-23,26,30,44H,4-6,11-16H2,1-3H3,(H2,35,47)(H2,36,48)(H,39,41)(H,42,49)(H,43,50)(H4,37,38,40)/t19-,20-,22+,23+,26-,30-/m0/s1. The number of H-pyrrole nitrogens is 1. The number of carbonyl (C=O) groups excluding carboxylic acids is 6. The van der Waals surface area contributed by atoms with Gasteiger partial charge in [0, 0.05) is 49.5 Å². The van der Waals surface area contributed by atoms with Crippen molar-refractivity contribution in [3.63, 3.8) is 0 Å². The van der Waals surface area contributed by atoms with E-state index in [9.17, 15) is 33.9 Å². The van der Waals surface area contributed by atoms with Crippen LogP contribution in [0.5, 0.6) is 5.75 Å². The predicted octanol–water partition coefficient (Wildman–Crippen LogP) is 0.117. The number of hydrogen-bond donors (Lipinski definition) is 8. The maximum atomic E-state index is 14.0. The maximum Gasteiger partial charge on any atom is 0.224 e. The average Bonchev–Trinajstić information content (AvgIpc) is 3.57. The Bertz CT molecular complexity index is 1470. The van der Waals surface area contributed by atoms with Crippen molar-refractivity contribution < 1.29 is 33.9 Å². The van der Waals surface area contributed by atoms with Gasteiger partial charge in [0.1, 0.15) is 5.75 Å². The highest BCUT2D eigenvalue weighted by molar-refractivity contribution is 5.97. The number of aliphatic imine (C=N–C) groups is 1. The van der Waals surface area contributed by atoms with Crippen molar-refractivity contribution in [1.29, 1.82) is 0 Å². The molecule has 0 spiro atoms. The number of nitrogens with one attached hydrogen (secondary N) is 3. The topological polar surface area (TPSA) is 292 Å². The second-order valence-electron chi connectivity index (χ2n) is 12.7. The van der Waals surface area contributed by atoms with Crippen LogP contribution in [0.3, 0.4) is 0 Å². The van der Waals surface area contributed by atoms with Crippen LogP contribution in [-0.4, -0.2) is 74.9 Å². The number of Topliss-reactive ketones (excluding diaryl/α,β-unsaturated/α-hetero) is 2. The van der Waals surface area contributed by atoms with E-state index in [0.29, 0.717) is 37.1 Å². The number of amides is 4. The molecule has 0 radical (unpaired) electrons. The van der Waals surface area contributed by atoms with Crippen LogP contribution in [0.25, 0.3) is 0 Å². The summed E-state index contributed by atoms with van der Waals surface area (Å²) >= 11 is 0. The number of guanidine groups is 1. The van der Waals surface area contributed by atoms with Crippen molar-refractivity contribution in [3.05, 3.63) is 48.0 Å². The van der Waals surface area contributed by atoms with E-state index in [1.165, 1.54) is 24.7 Å². The number of aromatic hydroxyl groups is 1. The van der Waals surface area contributed by atoms with Gasteiger partial charge in [0.2, 0.25) is 23.6 Å². The van der Waals surface area contributed by atoms with E-state index in [4.69, 9.17) is 22.9 Å². The zero-order valence-corrected chi connectivity index (χ0v) is 28.9. The number of hydrogen-bond acceptors (Lipinski definition) is 9. The zero-order chi connectivity index (χ0) is 37.4. The summed E-state index contributed by atoms with van der Waals surface area (Å²) in [5.41, 5.74) is 23.0. The number of nitrogens with zero attached hydrogens (tertiary/aromatic N) is 2. The lowest BCUT2D eigenvalue weighted by Crippen LogP contribution is -2.50. The number of aromatic amines is 1. The Kier molecular flexibility index (Phi) is 16.6. The summed E-state index contributed by atoms with van der Waals surface area (Å²) in [4.78, 5) is 89.2. The third-order valence-electron chi connectivity index (χ3n) is 8.61. The van der Waals surface area contributed by atoms with Gasteiger partial charge in [-0.25, -0.2) is 4.98 Å². The van der Waals surface area contributed by atoms with Crippen LogP contribution in [0, 0.1) is 23.7 Å². The molecule has 0 aliphatic heterocycles. The van der Waals surface area contributed by atoms with Gasteiger partial charge < -0.3 is 43.7 Å². The Balaban J connectivity index is 2.30. The summed E-state index contributed by atoms with van der Waals surface area (Å²) in [5.74, 6) is -6.49. The summed E-state index contributed by atoms with van der Waals surface area (Å²) in [6.45, 7) is 5.60. The molecule has 2 rings (SSSR count). The number of phenolic OH excluding ortho intramolecular Hbond substituents is 1. The van der Waals surface area contributed by atoms with Crippen LogP contribution in [-0.2, 0) is 41.6 Å². The molecule has 0 aliphatic rings. The number of aromatic nitrogens is 2. The molecule has 12 N–H and O–H groups in total. The van der Waals surface area contributed by atoms with Crippen molar-refractivity contribution in [3.8, 4) is 5.75 Å². The van der Waals surface area contributed by atoms with Gasteiger partial charge in [0.05, 0.1) is 30.7 Å². The number of carbonyl (C=O) groups is 6. The Hall–Kier alpha value is -5.28. The Labute approximate surface area is 291 Å². The molecule has 0 bridgehead atoms. The minimum Gasteiger partial charge on any atom is -0.508 e. The summed E-state index contributed by atoms with van der Waals surface area (Å²) in [5, 5.41) is 15.2. The fraction of sp³-hybridized carbons (Fsp3) is 0.529. The fourth-order valence-electron chi connectivity index (χ4n) is 5.41. The molecule has 16 heteroatoms. The summed E-state index contributed by atoms with van der Waals surface area (Å²) in [6, 6.07) is 3.75. The smallest absolute Gasteiger partial charge is 0.224 e. The van der Waals surface area contributed by atoms with Crippen molar-refractivity contribution in [2.45, 2.75) is 84.2 Å². The lowest BCUT2D eigenvalue weighted by Gasteiger charge is -2.27. The number of rotatable bonds is 23. The molecule has 0 saturated heterocycles. The second-order valence-corrected chi connectivity index (χ2v) is 12.7.